The van der Waals surface area contributed by atoms with Crippen LogP contribution < -0.4 is 9.96 Å². The number of benzene rings is 3. The fourth-order valence-corrected chi connectivity index (χ4v) is 4.56. The molecule has 0 unspecified atom stereocenters. The van der Waals surface area contributed by atoms with Crippen LogP contribution in [-0.4, -0.2) is 17.9 Å². The van der Waals surface area contributed by atoms with Crippen LogP contribution >= 0.6 is 0 Å². The maximum atomic E-state index is 13.6. The first-order valence-corrected chi connectivity index (χ1v) is 10.9. The van der Waals surface area contributed by atoms with E-state index in [4.69, 9.17) is 4.84 Å². The lowest BCUT2D eigenvalue weighted by molar-refractivity contribution is -0.126. The normalized spacial score (nSPS) is 23.0. The number of anilines is 2. The van der Waals surface area contributed by atoms with Crippen molar-refractivity contribution < 1.29 is 14.4 Å². The minimum atomic E-state index is -0.852. The lowest BCUT2D eigenvalue weighted by atomic mass is 9.84. The van der Waals surface area contributed by atoms with E-state index in [1.165, 1.54) is 10.5 Å². The summed E-state index contributed by atoms with van der Waals surface area (Å²) in [6.07, 6.45) is -0.852. The van der Waals surface area contributed by atoms with Crippen LogP contribution in [0.4, 0.5) is 11.4 Å². The van der Waals surface area contributed by atoms with Crippen molar-refractivity contribution in [3.63, 3.8) is 0 Å². The Morgan fingerprint density at radius 3 is 1.84 bits per heavy atom. The van der Waals surface area contributed by atoms with Crippen LogP contribution in [0, 0.1) is 5.92 Å². The van der Waals surface area contributed by atoms with Gasteiger partial charge in [0.1, 0.15) is 5.92 Å². The molecule has 32 heavy (non-hydrogen) atoms. The summed E-state index contributed by atoms with van der Waals surface area (Å²) < 4.78 is 0. The Labute approximate surface area is 188 Å². The van der Waals surface area contributed by atoms with Crippen LogP contribution in [0.3, 0.4) is 0 Å². The highest BCUT2D eigenvalue weighted by Gasteiger charge is 2.60. The van der Waals surface area contributed by atoms with Crippen molar-refractivity contribution in [1.29, 1.82) is 0 Å². The smallest absolute Gasteiger partial charge is 0.266 e. The number of rotatable bonds is 3. The first-order chi connectivity index (χ1) is 15.4. The summed E-state index contributed by atoms with van der Waals surface area (Å²) in [6, 6.07) is 26.6. The summed E-state index contributed by atoms with van der Waals surface area (Å²) in [7, 11) is 0. The largest absolute Gasteiger partial charge is 0.273 e. The molecule has 0 bridgehead atoms. The second-order valence-electron chi connectivity index (χ2n) is 9.38. The Kier molecular flexibility index (Phi) is 4.86. The molecule has 5 nitrogen and oxygen atoms in total. The molecule has 3 atom stereocenters. The monoisotopic (exact) mass is 426 g/mol. The molecule has 2 aliphatic heterocycles. The number of hydrogen-bond acceptors (Lipinski definition) is 4. The summed E-state index contributed by atoms with van der Waals surface area (Å²) in [4.78, 5) is 34.3. The predicted molar refractivity (Wildman–Crippen MR) is 124 cm³/mol. The maximum absolute atomic E-state index is 13.6. The van der Waals surface area contributed by atoms with Crippen LogP contribution in [0.25, 0.3) is 0 Å². The zero-order chi connectivity index (χ0) is 22.5. The standard InChI is InChI=1S/C27H26N2O3/c1-27(2,3)19-16-14-18(15-17-19)23-22-24(32-29(23)21-12-8-5-9-13-21)26(31)28(25(22)30)20-10-6-4-7-11-20/h4-17,22-24H,1-3H3/t22-,23-,24-/m1/s1. The third-order valence-electron chi connectivity index (χ3n) is 6.26. The van der Waals surface area contributed by atoms with Gasteiger partial charge >= 0.3 is 0 Å². The fourth-order valence-electron chi connectivity index (χ4n) is 4.56. The average Bonchev–Trinajstić information content (AvgIpc) is 3.30. The molecule has 2 fully saturated rings. The first-order valence-electron chi connectivity index (χ1n) is 10.9. The molecule has 0 saturated carbocycles. The van der Waals surface area contributed by atoms with Crippen LogP contribution in [-0.2, 0) is 19.8 Å². The number of fused-ring (bicyclic) bond motifs is 1. The second-order valence-corrected chi connectivity index (χ2v) is 9.38. The van der Waals surface area contributed by atoms with Gasteiger partial charge in [-0.3, -0.25) is 14.4 Å². The van der Waals surface area contributed by atoms with E-state index in [0.717, 1.165) is 11.3 Å². The van der Waals surface area contributed by atoms with Crippen molar-refractivity contribution >= 4 is 23.2 Å². The Morgan fingerprint density at radius 1 is 0.719 bits per heavy atom. The minimum absolute atomic E-state index is 0.0234. The highest BCUT2D eigenvalue weighted by molar-refractivity contribution is 6.23. The van der Waals surface area contributed by atoms with Gasteiger partial charge in [0.05, 0.1) is 17.4 Å². The Bertz CT molecular complexity index is 1140. The molecular weight excluding hydrogens is 400 g/mol. The van der Waals surface area contributed by atoms with E-state index in [1.807, 2.05) is 48.5 Å². The zero-order valence-electron chi connectivity index (χ0n) is 18.4. The number of carbonyl (C=O) groups is 2. The van der Waals surface area contributed by atoms with Gasteiger partial charge in [-0.05, 0) is 40.8 Å². The molecule has 2 heterocycles. The van der Waals surface area contributed by atoms with E-state index < -0.39 is 18.1 Å². The first kappa shape index (κ1) is 20.5. The van der Waals surface area contributed by atoms with Gasteiger partial charge in [0.2, 0.25) is 5.91 Å². The quantitative estimate of drug-likeness (QED) is 0.551. The van der Waals surface area contributed by atoms with Gasteiger partial charge in [-0.1, -0.05) is 81.4 Å². The van der Waals surface area contributed by atoms with Crippen molar-refractivity contribution in [3.8, 4) is 0 Å². The molecule has 3 aromatic carbocycles. The highest BCUT2D eigenvalue weighted by Crippen LogP contribution is 2.47. The predicted octanol–water partition coefficient (Wildman–Crippen LogP) is 5.04. The summed E-state index contributed by atoms with van der Waals surface area (Å²) in [5, 5.41) is 1.74. The molecule has 2 aliphatic rings. The van der Waals surface area contributed by atoms with E-state index in [1.54, 1.807) is 17.2 Å². The van der Waals surface area contributed by atoms with Crippen LogP contribution in [0.15, 0.2) is 84.9 Å². The lowest BCUT2D eigenvalue weighted by Gasteiger charge is -2.29. The van der Waals surface area contributed by atoms with Gasteiger partial charge in [-0.15, -0.1) is 0 Å². The topological polar surface area (TPSA) is 49.9 Å². The Balaban J connectivity index is 1.57. The van der Waals surface area contributed by atoms with Gasteiger partial charge in [0.15, 0.2) is 6.10 Å². The van der Waals surface area contributed by atoms with E-state index in [2.05, 4.69) is 45.0 Å². The van der Waals surface area contributed by atoms with Gasteiger partial charge < -0.3 is 0 Å². The van der Waals surface area contributed by atoms with E-state index in [9.17, 15) is 9.59 Å². The van der Waals surface area contributed by atoms with Crippen molar-refractivity contribution in [2.75, 3.05) is 9.96 Å². The van der Waals surface area contributed by atoms with E-state index in [0.29, 0.717) is 5.69 Å². The molecule has 5 rings (SSSR count). The van der Waals surface area contributed by atoms with Gasteiger partial charge in [-0.2, -0.15) is 0 Å². The molecule has 0 aromatic heterocycles. The molecule has 0 spiro atoms. The SMILES string of the molecule is CC(C)(C)c1ccc([C@@H]2[C@H]3C(=O)N(c4ccccc4)C(=O)[C@@H]3ON2c2ccccc2)cc1. The Hall–Kier alpha value is -3.44. The molecule has 2 amide bonds. The molecule has 5 heteroatoms. The number of hydrogen-bond donors (Lipinski definition) is 0. The summed E-state index contributed by atoms with van der Waals surface area (Å²) in [5.74, 6) is -1.17. The summed E-state index contributed by atoms with van der Waals surface area (Å²) in [5.41, 5.74) is 3.58. The molecule has 162 valence electrons. The highest BCUT2D eigenvalue weighted by atomic mass is 16.7. The lowest BCUT2D eigenvalue weighted by Crippen LogP contribution is -2.37. The molecular formula is C27H26N2O3. The molecule has 0 N–H and O–H groups in total. The number of para-hydroxylation sites is 2. The van der Waals surface area contributed by atoms with Crippen molar-refractivity contribution in [2.24, 2.45) is 5.92 Å². The molecule has 3 aromatic rings. The van der Waals surface area contributed by atoms with Crippen LogP contribution in [0.5, 0.6) is 0 Å². The van der Waals surface area contributed by atoms with Crippen LogP contribution in [0.1, 0.15) is 37.9 Å². The third kappa shape index (κ3) is 3.30. The van der Waals surface area contributed by atoms with E-state index in [-0.39, 0.29) is 17.2 Å². The van der Waals surface area contributed by atoms with E-state index >= 15 is 0 Å². The van der Waals surface area contributed by atoms with Gasteiger partial charge in [0.25, 0.3) is 5.91 Å². The van der Waals surface area contributed by atoms with Gasteiger partial charge in [0, 0.05) is 0 Å². The third-order valence-corrected chi connectivity index (χ3v) is 6.26. The summed E-state index contributed by atoms with van der Waals surface area (Å²) >= 11 is 0. The minimum Gasteiger partial charge on any atom is -0.273 e. The number of amides is 2. The maximum Gasteiger partial charge on any atom is 0.266 e. The molecule has 2 saturated heterocycles. The van der Waals surface area contributed by atoms with Crippen molar-refractivity contribution in [2.45, 2.75) is 38.3 Å². The average molecular weight is 427 g/mol. The van der Waals surface area contributed by atoms with Crippen LogP contribution in [0.2, 0.25) is 0 Å². The van der Waals surface area contributed by atoms with Gasteiger partial charge in [-0.25, -0.2) is 9.96 Å². The second kappa shape index (κ2) is 7.61. The van der Waals surface area contributed by atoms with Crippen molar-refractivity contribution in [1.82, 2.24) is 0 Å². The number of imide groups is 1. The van der Waals surface area contributed by atoms with Crippen molar-refractivity contribution in [3.05, 3.63) is 96.1 Å². The molecule has 0 aliphatic carbocycles. The fraction of sp³-hybridized carbons (Fsp3) is 0.259. The molecule has 0 radical (unpaired) electrons. The summed E-state index contributed by atoms with van der Waals surface area (Å²) in [6.45, 7) is 6.51. The number of nitrogens with zero attached hydrogens (tertiary/aromatic N) is 2. The zero-order valence-corrected chi connectivity index (χ0v) is 18.4. The Morgan fingerprint density at radius 2 is 1.28 bits per heavy atom. The number of carbonyl (C=O) groups excluding carboxylic acids is 2. The number of hydroxylamine groups is 1.